The summed E-state index contributed by atoms with van der Waals surface area (Å²) in [7, 11) is 0. The third kappa shape index (κ3) is 2.82. The minimum Gasteiger partial charge on any atom is -0.463 e. The van der Waals surface area contributed by atoms with Gasteiger partial charge in [0.1, 0.15) is 0 Å². The Balaban J connectivity index is 2.48. The molecule has 4 nitrogen and oxygen atoms in total. The van der Waals surface area contributed by atoms with Gasteiger partial charge < -0.3 is 15.4 Å². The summed E-state index contributed by atoms with van der Waals surface area (Å²) in [6.45, 7) is 6.00. The third-order valence-corrected chi connectivity index (χ3v) is 3.48. The average Bonchev–Trinajstić information content (AvgIpc) is 2.38. The number of carbonyl (C=O) groups excluding carboxylic acids is 1. The van der Waals surface area contributed by atoms with Crippen LogP contribution in [0.5, 0.6) is 0 Å². The van der Waals surface area contributed by atoms with Gasteiger partial charge in [-0.05, 0) is 44.1 Å². The van der Waals surface area contributed by atoms with E-state index >= 15 is 0 Å². The lowest BCUT2D eigenvalue weighted by Gasteiger charge is -2.30. The van der Waals surface area contributed by atoms with Gasteiger partial charge in [0.25, 0.3) is 0 Å². The van der Waals surface area contributed by atoms with Crippen LogP contribution in [0.2, 0.25) is 0 Å². The number of nitrogens with one attached hydrogen (secondary N) is 2. The molecule has 0 aromatic heterocycles. The monoisotopic (exact) mass is 290 g/mol. The zero-order valence-electron chi connectivity index (χ0n) is 11.8. The number of esters is 1. The first-order valence-corrected chi connectivity index (χ1v) is 6.96. The SMILES string of the molecule is CCOC(=O)C1=C(C)NC(=S)N[C@@H]1c1ccccc1C. The van der Waals surface area contributed by atoms with Crippen LogP contribution in [0.25, 0.3) is 0 Å². The summed E-state index contributed by atoms with van der Waals surface area (Å²) in [6.07, 6.45) is 0. The average molecular weight is 290 g/mol. The molecule has 2 rings (SSSR count). The number of carbonyl (C=O) groups is 1. The lowest BCUT2D eigenvalue weighted by molar-refractivity contribution is -0.139. The fourth-order valence-electron chi connectivity index (χ4n) is 2.32. The molecule has 0 aliphatic carbocycles. The molecule has 1 atom stereocenters. The minimum absolute atomic E-state index is 0.274. The van der Waals surface area contributed by atoms with Crippen LogP contribution in [0.1, 0.15) is 31.0 Å². The van der Waals surface area contributed by atoms with Crippen LogP contribution in [0.3, 0.4) is 0 Å². The highest BCUT2D eigenvalue weighted by Crippen LogP contribution is 2.29. The molecule has 0 unspecified atom stereocenters. The molecule has 1 aliphatic heterocycles. The molecule has 20 heavy (non-hydrogen) atoms. The van der Waals surface area contributed by atoms with Crippen LogP contribution in [-0.4, -0.2) is 17.7 Å². The van der Waals surface area contributed by atoms with Crippen molar-refractivity contribution in [2.24, 2.45) is 0 Å². The first-order chi connectivity index (χ1) is 9.54. The van der Waals surface area contributed by atoms with Crippen molar-refractivity contribution in [2.45, 2.75) is 26.8 Å². The Morgan fingerprint density at radius 1 is 1.35 bits per heavy atom. The van der Waals surface area contributed by atoms with E-state index in [9.17, 15) is 4.79 Å². The van der Waals surface area contributed by atoms with Crippen LogP contribution in [0.4, 0.5) is 0 Å². The fraction of sp³-hybridized carbons (Fsp3) is 0.333. The van der Waals surface area contributed by atoms with Crippen LogP contribution in [0.15, 0.2) is 35.5 Å². The Labute approximate surface area is 124 Å². The summed E-state index contributed by atoms with van der Waals surface area (Å²) >= 11 is 5.20. The maximum atomic E-state index is 12.2. The van der Waals surface area contributed by atoms with Gasteiger partial charge in [0.2, 0.25) is 0 Å². The van der Waals surface area contributed by atoms with Crippen molar-refractivity contribution < 1.29 is 9.53 Å². The highest BCUT2D eigenvalue weighted by molar-refractivity contribution is 7.80. The highest BCUT2D eigenvalue weighted by Gasteiger charge is 2.31. The van der Waals surface area contributed by atoms with E-state index < -0.39 is 0 Å². The van der Waals surface area contributed by atoms with Gasteiger partial charge in [-0.3, -0.25) is 0 Å². The molecule has 0 saturated heterocycles. The number of hydrogen-bond donors (Lipinski definition) is 2. The normalized spacial score (nSPS) is 18.4. The molecule has 0 radical (unpaired) electrons. The first-order valence-electron chi connectivity index (χ1n) is 6.55. The molecule has 0 spiro atoms. The summed E-state index contributed by atoms with van der Waals surface area (Å²) < 4.78 is 5.16. The quantitative estimate of drug-likeness (QED) is 0.661. The number of allylic oxidation sites excluding steroid dienone is 1. The predicted molar refractivity (Wildman–Crippen MR) is 82.1 cm³/mol. The van der Waals surface area contributed by atoms with E-state index in [-0.39, 0.29) is 12.0 Å². The molecule has 1 aromatic carbocycles. The molecule has 0 fully saturated rings. The van der Waals surface area contributed by atoms with Gasteiger partial charge in [-0.15, -0.1) is 0 Å². The van der Waals surface area contributed by atoms with E-state index in [1.165, 1.54) is 0 Å². The molecule has 0 saturated carbocycles. The molecule has 5 heteroatoms. The summed E-state index contributed by atoms with van der Waals surface area (Å²) in [6, 6.07) is 7.66. The number of rotatable bonds is 3. The van der Waals surface area contributed by atoms with Gasteiger partial charge >= 0.3 is 5.97 Å². The van der Waals surface area contributed by atoms with Crippen molar-refractivity contribution in [1.82, 2.24) is 10.6 Å². The van der Waals surface area contributed by atoms with Crippen LogP contribution < -0.4 is 10.6 Å². The summed E-state index contributed by atoms with van der Waals surface area (Å²) in [5.41, 5.74) is 3.44. The van der Waals surface area contributed by atoms with Crippen molar-refractivity contribution in [3.05, 3.63) is 46.7 Å². The van der Waals surface area contributed by atoms with Gasteiger partial charge in [-0.2, -0.15) is 0 Å². The van der Waals surface area contributed by atoms with Crippen LogP contribution in [-0.2, 0) is 9.53 Å². The van der Waals surface area contributed by atoms with Crippen LogP contribution in [0, 0.1) is 6.92 Å². The molecular weight excluding hydrogens is 272 g/mol. The van der Waals surface area contributed by atoms with Crippen molar-refractivity contribution in [2.75, 3.05) is 6.61 Å². The summed E-state index contributed by atoms with van der Waals surface area (Å²) in [5, 5.41) is 6.66. The first kappa shape index (κ1) is 14.5. The lowest BCUT2D eigenvalue weighted by Crippen LogP contribution is -2.45. The van der Waals surface area contributed by atoms with E-state index in [4.69, 9.17) is 17.0 Å². The zero-order chi connectivity index (χ0) is 14.7. The van der Waals surface area contributed by atoms with Gasteiger partial charge in [0.05, 0.1) is 18.2 Å². The van der Waals surface area contributed by atoms with Gasteiger partial charge in [0, 0.05) is 5.70 Å². The Morgan fingerprint density at radius 2 is 2.05 bits per heavy atom. The molecule has 1 aliphatic rings. The van der Waals surface area contributed by atoms with E-state index in [2.05, 4.69) is 10.6 Å². The predicted octanol–water partition coefficient (Wildman–Crippen LogP) is 2.35. The van der Waals surface area contributed by atoms with Gasteiger partial charge in [-0.1, -0.05) is 24.3 Å². The van der Waals surface area contributed by atoms with Gasteiger partial charge in [-0.25, -0.2) is 4.79 Å². The topological polar surface area (TPSA) is 50.4 Å². The number of aryl methyl sites for hydroxylation is 1. The number of ether oxygens (including phenoxy) is 1. The van der Waals surface area contributed by atoms with Crippen molar-refractivity contribution in [1.29, 1.82) is 0 Å². The van der Waals surface area contributed by atoms with Gasteiger partial charge in [0.15, 0.2) is 5.11 Å². The van der Waals surface area contributed by atoms with Crippen LogP contribution >= 0.6 is 12.2 Å². The Bertz CT molecular complexity index is 581. The second kappa shape index (κ2) is 6.05. The summed E-state index contributed by atoms with van der Waals surface area (Å²) in [4.78, 5) is 12.2. The second-order valence-corrected chi connectivity index (χ2v) is 5.06. The second-order valence-electron chi connectivity index (χ2n) is 4.65. The maximum Gasteiger partial charge on any atom is 0.338 e. The Kier molecular flexibility index (Phi) is 4.39. The molecule has 0 bridgehead atoms. The standard InChI is InChI=1S/C15H18N2O2S/c1-4-19-14(18)12-10(3)16-15(20)17-13(12)11-8-6-5-7-9(11)2/h5-8,13H,4H2,1-3H3,(H2,16,17,20)/t13-/m1/s1. The lowest BCUT2D eigenvalue weighted by atomic mass is 9.92. The zero-order valence-corrected chi connectivity index (χ0v) is 12.6. The fourth-order valence-corrected chi connectivity index (χ4v) is 2.59. The molecular formula is C15H18N2O2S. The van der Waals surface area contributed by atoms with Crippen molar-refractivity contribution in [3.8, 4) is 0 Å². The Hall–Kier alpha value is -1.88. The molecule has 106 valence electrons. The van der Waals surface area contributed by atoms with E-state index in [1.54, 1.807) is 6.92 Å². The minimum atomic E-state index is -0.319. The Morgan fingerprint density at radius 3 is 2.70 bits per heavy atom. The largest absolute Gasteiger partial charge is 0.463 e. The maximum absolute atomic E-state index is 12.2. The molecule has 1 heterocycles. The molecule has 2 N–H and O–H groups in total. The number of benzene rings is 1. The highest BCUT2D eigenvalue weighted by atomic mass is 32.1. The summed E-state index contributed by atoms with van der Waals surface area (Å²) in [5.74, 6) is -0.319. The van der Waals surface area contributed by atoms with E-state index in [1.807, 2.05) is 38.1 Å². The van der Waals surface area contributed by atoms with E-state index in [0.29, 0.717) is 17.3 Å². The number of thiocarbonyl (C=S) groups is 1. The molecule has 1 aromatic rings. The smallest absolute Gasteiger partial charge is 0.338 e. The third-order valence-electron chi connectivity index (χ3n) is 3.26. The molecule has 0 amide bonds. The number of hydrogen-bond acceptors (Lipinski definition) is 3. The van der Waals surface area contributed by atoms with Crippen molar-refractivity contribution in [3.63, 3.8) is 0 Å². The van der Waals surface area contributed by atoms with Crippen molar-refractivity contribution >= 4 is 23.3 Å². The van der Waals surface area contributed by atoms with E-state index in [0.717, 1.165) is 16.8 Å².